The lowest BCUT2D eigenvalue weighted by molar-refractivity contribution is 0.460. The Hall–Kier alpha value is -1.05. The summed E-state index contributed by atoms with van der Waals surface area (Å²) in [7, 11) is 0. The van der Waals surface area contributed by atoms with Gasteiger partial charge in [-0.15, -0.1) is 0 Å². The van der Waals surface area contributed by atoms with Gasteiger partial charge in [0.05, 0.1) is 5.69 Å². The van der Waals surface area contributed by atoms with Crippen molar-refractivity contribution in [3.63, 3.8) is 0 Å². The fourth-order valence-corrected chi connectivity index (χ4v) is 0.865. The Kier molecular flexibility index (Phi) is 5.09. The van der Waals surface area contributed by atoms with Gasteiger partial charge in [0.1, 0.15) is 5.75 Å². The first kappa shape index (κ1) is 11.0. The average Bonchev–Trinajstić information content (AvgIpc) is 2.13. The second-order valence-electron chi connectivity index (χ2n) is 2.28. The minimum Gasteiger partial charge on any atom is -0.506 e. The summed E-state index contributed by atoms with van der Waals surface area (Å²) in [5, 5.41) is 9.34. The van der Waals surface area contributed by atoms with E-state index in [1.165, 1.54) is 0 Å². The van der Waals surface area contributed by atoms with E-state index in [1.807, 2.05) is 27.7 Å². The Bertz CT molecular complexity index is 233. The lowest BCUT2D eigenvalue weighted by Crippen LogP contribution is -1.88. The highest BCUT2D eigenvalue weighted by molar-refractivity contribution is 5.33. The summed E-state index contributed by atoms with van der Waals surface area (Å²) in [6.07, 6.45) is 2.50. The number of pyridine rings is 1. The second-order valence-corrected chi connectivity index (χ2v) is 2.28. The molecule has 0 saturated carbocycles. The van der Waals surface area contributed by atoms with E-state index >= 15 is 0 Å². The highest BCUT2D eigenvalue weighted by Crippen LogP contribution is 2.18. The molecule has 0 unspecified atom stereocenters. The van der Waals surface area contributed by atoms with E-state index < -0.39 is 0 Å². The van der Waals surface area contributed by atoms with Crippen molar-refractivity contribution < 1.29 is 5.11 Å². The fraction of sp³-hybridized carbons (Fsp3) is 0.500. The minimum atomic E-state index is 0.338. The molecule has 2 heteroatoms. The van der Waals surface area contributed by atoms with Gasteiger partial charge in [0.15, 0.2) is 0 Å². The van der Waals surface area contributed by atoms with Gasteiger partial charge in [0.2, 0.25) is 0 Å². The zero-order chi connectivity index (χ0) is 9.56. The zero-order valence-corrected chi connectivity index (χ0v) is 8.26. The molecule has 0 fully saturated rings. The molecule has 2 nitrogen and oxygen atoms in total. The third-order valence-electron chi connectivity index (χ3n) is 1.54. The molecule has 1 heterocycles. The van der Waals surface area contributed by atoms with Crippen molar-refractivity contribution in [1.82, 2.24) is 4.98 Å². The van der Waals surface area contributed by atoms with Gasteiger partial charge in [-0.25, -0.2) is 0 Å². The van der Waals surface area contributed by atoms with E-state index in [-0.39, 0.29) is 0 Å². The maximum absolute atomic E-state index is 9.34. The molecular formula is C10H17NO. The molecule has 12 heavy (non-hydrogen) atoms. The van der Waals surface area contributed by atoms with Crippen molar-refractivity contribution in [3.8, 4) is 5.75 Å². The molecule has 1 aromatic heterocycles. The van der Waals surface area contributed by atoms with Gasteiger partial charge >= 0.3 is 0 Å². The van der Waals surface area contributed by atoms with Crippen molar-refractivity contribution in [1.29, 1.82) is 0 Å². The first-order valence-corrected chi connectivity index (χ1v) is 4.39. The molecule has 0 aliphatic carbocycles. The highest BCUT2D eigenvalue weighted by atomic mass is 16.3. The molecule has 0 atom stereocenters. The van der Waals surface area contributed by atoms with Crippen molar-refractivity contribution >= 4 is 0 Å². The molecule has 1 N–H and O–H groups in total. The molecular weight excluding hydrogens is 150 g/mol. The van der Waals surface area contributed by atoms with Crippen LogP contribution in [0.4, 0.5) is 0 Å². The Morgan fingerprint density at radius 1 is 1.42 bits per heavy atom. The number of hydrogen-bond donors (Lipinski definition) is 1. The summed E-state index contributed by atoms with van der Waals surface area (Å²) >= 11 is 0. The van der Waals surface area contributed by atoms with Crippen LogP contribution in [0.1, 0.15) is 32.0 Å². The van der Waals surface area contributed by atoms with Gasteiger partial charge in [0, 0.05) is 6.20 Å². The SMILES string of the molecule is CC.CCc1nccc(C)c1O. The predicted octanol–water partition coefficient (Wildman–Crippen LogP) is 2.68. The summed E-state index contributed by atoms with van der Waals surface area (Å²) in [5.74, 6) is 0.338. The molecule has 0 radical (unpaired) electrons. The first-order chi connectivity index (χ1) is 5.75. The number of aromatic hydroxyl groups is 1. The second kappa shape index (κ2) is 5.58. The summed E-state index contributed by atoms with van der Waals surface area (Å²) in [6.45, 7) is 7.84. The Morgan fingerprint density at radius 2 is 2.00 bits per heavy atom. The summed E-state index contributed by atoms with van der Waals surface area (Å²) in [4.78, 5) is 4.01. The molecule has 0 aromatic carbocycles. The quantitative estimate of drug-likeness (QED) is 0.697. The highest BCUT2D eigenvalue weighted by Gasteiger charge is 2.00. The van der Waals surface area contributed by atoms with Gasteiger partial charge in [-0.1, -0.05) is 20.8 Å². The maximum atomic E-state index is 9.34. The van der Waals surface area contributed by atoms with Gasteiger partial charge in [-0.2, -0.15) is 0 Å². The summed E-state index contributed by atoms with van der Waals surface area (Å²) in [6, 6.07) is 1.80. The van der Waals surface area contributed by atoms with Gasteiger partial charge in [-0.3, -0.25) is 4.98 Å². The molecule has 0 aliphatic rings. The van der Waals surface area contributed by atoms with Crippen LogP contribution in [0.15, 0.2) is 12.3 Å². The standard InChI is InChI=1S/C8H11NO.C2H6/c1-3-7-8(10)6(2)4-5-9-7;1-2/h4-5,10H,3H2,1-2H3;1-2H3. The largest absolute Gasteiger partial charge is 0.506 e. The smallest absolute Gasteiger partial charge is 0.139 e. The maximum Gasteiger partial charge on any atom is 0.139 e. The summed E-state index contributed by atoms with van der Waals surface area (Å²) < 4.78 is 0. The fourth-order valence-electron chi connectivity index (χ4n) is 0.865. The lowest BCUT2D eigenvalue weighted by atomic mass is 10.2. The van der Waals surface area contributed by atoms with E-state index in [4.69, 9.17) is 0 Å². The van der Waals surface area contributed by atoms with Crippen LogP contribution < -0.4 is 0 Å². The van der Waals surface area contributed by atoms with Crippen LogP contribution in [0.25, 0.3) is 0 Å². The topological polar surface area (TPSA) is 33.1 Å². The van der Waals surface area contributed by atoms with Crippen molar-refractivity contribution in [2.45, 2.75) is 34.1 Å². The summed E-state index contributed by atoms with van der Waals surface area (Å²) in [5.41, 5.74) is 1.67. The van der Waals surface area contributed by atoms with Crippen molar-refractivity contribution in [2.75, 3.05) is 0 Å². The van der Waals surface area contributed by atoms with E-state index in [0.717, 1.165) is 17.7 Å². The monoisotopic (exact) mass is 167 g/mol. The van der Waals surface area contributed by atoms with Crippen LogP contribution in [0, 0.1) is 6.92 Å². The van der Waals surface area contributed by atoms with Gasteiger partial charge in [0.25, 0.3) is 0 Å². The van der Waals surface area contributed by atoms with Crippen LogP contribution in [0.2, 0.25) is 0 Å². The van der Waals surface area contributed by atoms with E-state index in [0.29, 0.717) is 5.75 Å². The van der Waals surface area contributed by atoms with E-state index in [2.05, 4.69) is 4.98 Å². The van der Waals surface area contributed by atoms with Gasteiger partial charge in [-0.05, 0) is 25.0 Å². The Balaban J connectivity index is 0.000000561. The normalized spacial score (nSPS) is 8.67. The third kappa shape index (κ3) is 2.53. The van der Waals surface area contributed by atoms with Crippen molar-refractivity contribution in [2.24, 2.45) is 0 Å². The average molecular weight is 167 g/mol. The lowest BCUT2D eigenvalue weighted by Gasteiger charge is -2.01. The molecule has 0 amide bonds. The van der Waals surface area contributed by atoms with Crippen LogP contribution in [-0.2, 0) is 6.42 Å². The Labute approximate surface area is 74.3 Å². The number of aryl methyl sites for hydroxylation is 2. The molecule has 1 rings (SSSR count). The van der Waals surface area contributed by atoms with Crippen LogP contribution in [-0.4, -0.2) is 10.1 Å². The molecule has 1 aromatic rings. The third-order valence-corrected chi connectivity index (χ3v) is 1.54. The predicted molar refractivity (Wildman–Crippen MR) is 51.4 cm³/mol. The van der Waals surface area contributed by atoms with Crippen molar-refractivity contribution in [3.05, 3.63) is 23.5 Å². The Morgan fingerprint density at radius 3 is 2.42 bits per heavy atom. The number of nitrogens with zero attached hydrogens (tertiary/aromatic N) is 1. The molecule has 68 valence electrons. The number of aromatic nitrogens is 1. The van der Waals surface area contributed by atoms with Crippen LogP contribution in [0.3, 0.4) is 0 Å². The molecule has 0 spiro atoms. The van der Waals surface area contributed by atoms with E-state index in [9.17, 15) is 5.11 Å². The first-order valence-electron chi connectivity index (χ1n) is 4.39. The van der Waals surface area contributed by atoms with Crippen LogP contribution in [0.5, 0.6) is 5.75 Å². The molecule has 0 saturated heterocycles. The van der Waals surface area contributed by atoms with Crippen LogP contribution >= 0.6 is 0 Å². The molecule has 0 bridgehead atoms. The van der Waals surface area contributed by atoms with E-state index in [1.54, 1.807) is 12.3 Å². The molecule has 0 aliphatic heterocycles. The zero-order valence-electron chi connectivity index (χ0n) is 8.26. The minimum absolute atomic E-state index is 0.338. The van der Waals surface area contributed by atoms with Gasteiger partial charge < -0.3 is 5.11 Å². The number of hydrogen-bond acceptors (Lipinski definition) is 2. The number of rotatable bonds is 1.